The summed E-state index contributed by atoms with van der Waals surface area (Å²) in [5.41, 5.74) is 0. The van der Waals surface area contributed by atoms with E-state index in [2.05, 4.69) is 0 Å². The molecule has 0 radical (unpaired) electrons. The predicted molar refractivity (Wildman–Crippen MR) is 35.7 cm³/mol. The van der Waals surface area contributed by atoms with Crippen LogP contribution in [-0.4, -0.2) is 59.9 Å². The Bertz CT molecular complexity index is 92.0. The molecule has 0 aromatic heterocycles. The van der Waals surface area contributed by atoms with Crippen LogP contribution in [0.4, 0.5) is 0 Å². The van der Waals surface area contributed by atoms with Crippen LogP contribution in [0.25, 0.3) is 0 Å². The molecular formula is C3H7CaClO4. The zero-order valence-electron chi connectivity index (χ0n) is 3.83. The topological polar surface area (TPSA) is 74.6 Å². The summed E-state index contributed by atoms with van der Waals surface area (Å²) in [6.07, 6.45) is -0.806. The zero-order valence-corrected chi connectivity index (χ0v) is 4.64. The standard InChI is InChI=1S/C3H4O4.Ca.ClH.2H/c4-2(5)1-3(6)7;;;;/h1H2,(H,4,5)(H,6,7);;1H;;. The molecule has 4 nitrogen and oxygen atoms in total. The number of aliphatic carboxylic acids is 2. The molecule has 0 aliphatic rings. The second-order valence-electron chi connectivity index (χ2n) is 0.964. The van der Waals surface area contributed by atoms with E-state index in [0.29, 0.717) is 0 Å². The van der Waals surface area contributed by atoms with Gasteiger partial charge < -0.3 is 10.2 Å². The predicted octanol–water partition coefficient (Wildman–Crippen LogP) is -0.949. The van der Waals surface area contributed by atoms with Crippen LogP contribution in [0.1, 0.15) is 6.42 Å². The van der Waals surface area contributed by atoms with E-state index in [4.69, 9.17) is 10.2 Å². The molecule has 0 bridgehead atoms. The Morgan fingerprint density at radius 1 is 1.11 bits per heavy atom. The van der Waals surface area contributed by atoms with Crippen LogP contribution in [-0.2, 0) is 9.59 Å². The first kappa shape index (κ1) is 16.2. The third-order valence-electron chi connectivity index (χ3n) is 0.302. The monoisotopic (exact) mass is 182 g/mol. The first-order valence-corrected chi connectivity index (χ1v) is 1.56. The van der Waals surface area contributed by atoms with Crippen molar-refractivity contribution in [3.63, 3.8) is 0 Å². The van der Waals surface area contributed by atoms with Crippen LogP contribution in [0.5, 0.6) is 0 Å². The van der Waals surface area contributed by atoms with Gasteiger partial charge in [0.05, 0.1) is 0 Å². The summed E-state index contributed by atoms with van der Waals surface area (Å²) in [4.78, 5) is 18.9. The van der Waals surface area contributed by atoms with E-state index in [1.54, 1.807) is 0 Å². The molecule has 0 saturated heterocycles. The van der Waals surface area contributed by atoms with E-state index in [-0.39, 0.29) is 50.1 Å². The number of carboxylic acid groups (broad SMARTS) is 2. The molecule has 0 amide bonds. The fraction of sp³-hybridized carbons (Fsp3) is 0.333. The second kappa shape index (κ2) is 8.49. The van der Waals surface area contributed by atoms with Gasteiger partial charge >= 0.3 is 49.7 Å². The molecule has 9 heavy (non-hydrogen) atoms. The van der Waals surface area contributed by atoms with Crippen molar-refractivity contribution in [3.8, 4) is 0 Å². The van der Waals surface area contributed by atoms with E-state index >= 15 is 0 Å². The molecule has 52 valence electrons. The van der Waals surface area contributed by atoms with Gasteiger partial charge in [-0.1, -0.05) is 0 Å². The van der Waals surface area contributed by atoms with Crippen molar-refractivity contribution in [2.45, 2.75) is 6.42 Å². The molecule has 6 heteroatoms. The fourth-order valence-electron chi connectivity index (χ4n) is 0.129. The SMILES string of the molecule is Cl.O=C(O)CC(=O)O.[CaH2]. The second-order valence-corrected chi connectivity index (χ2v) is 0.964. The molecule has 0 aromatic rings. The summed E-state index contributed by atoms with van der Waals surface area (Å²) in [5.74, 6) is -2.62. The van der Waals surface area contributed by atoms with Crippen LogP contribution in [0, 0.1) is 0 Å². The van der Waals surface area contributed by atoms with E-state index in [1.165, 1.54) is 0 Å². The quantitative estimate of drug-likeness (QED) is 0.427. The number of halogens is 1. The van der Waals surface area contributed by atoms with Crippen molar-refractivity contribution in [2.75, 3.05) is 0 Å². The normalized spacial score (nSPS) is 6.22. The van der Waals surface area contributed by atoms with Crippen LogP contribution in [0.3, 0.4) is 0 Å². The first-order valence-electron chi connectivity index (χ1n) is 1.56. The van der Waals surface area contributed by atoms with Gasteiger partial charge in [-0.2, -0.15) is 0 Å². The van der Waals surface area contributed by atoms with Gasteiger partial charge in [-0.3, -0.25) is 9.59 Å². The first-order chi connectivity index (χ1) is 3.13. The molecule has 0 atom stereocenters. The van der Waals surface area contributed by atoms with Crippen LogP contribution in [0.2, 0.25) is 0 Å². The van der Waals surface area contributed by atoms with Gasteiger partial charge in [0.2, 0.25) is 0 Å². The number of carbonyl (C=O) groups is 2. The van der Waals surface area contributed by atoms with Crippen molar-refractivity contribution in [1.29, 1.82) is 0 Å². The molecule has 0 heterocycles. The molecular weight excluding hydrogens is 176 g/mol. The van der Waals surface area contributed by atoms with Crippen LogP contribution < -0.4 is 0 Å². The Balaban J connectivity index is -0.000000180. The van der Waals surface area contributed by atoms with Crippen molar-refractivity contribution in [3.05, 3.63) is 0 Å². The van der Waals surface area contributed by atoms with Crippen LogP contribution in [0.15, 0.2) is 0 Å². The number of hydrogen-bond acceptors (Lipinski definition) is 2. The Morgan fingerprint density at radius 2 is 1.33 bits per heavy atom. The number of rotatable bonds is 2. The Morgan fingerprint density at radius 3 is 1.33 bits per heavy atom. The molecule has 0 fully saturated rings. The number of hydrogen-bond donors (Lipinski definition) is 2. The average Bonchev–Trinajstić information content (AvgIpc) is 1.27. The van der Waals surface area contributed by atoms with Gasteiger partial charge in [-0.25, -0.2) is 0 Å². The maximum atomic E-state index is 9.43. The summed E-state index contributed by atoms with van der Waals surface area (Å²) in [6.45, 7) is 0. The summed E-state index contributed by atoms with van der Waals surface area (Å²) < 4.78 is 0. The third-order valence-corrected chi connectivity index (χ3v) is 0.302. The number of carboxylic acids is 2. The maximum absolute atomic E-state index is 9.43. The Kier molecular flexibility index (Phi) is 15.3. The molecule has 0 spiro atoms. The Hall–Kier alpha value is 0.490. The van der Waals surface area contributed by atoms with Gasteiger partial charge in [-0.05, 0) is 0 Å². The van der Waals surface area contributed by atoms with Crippen molar-refractivity contribution in [2.24, 2.45) is 0 Å². The van der Waals surface area contributed by atoms with E-state index < -0.39 is 18.4 Å². The van der Waals surface area contributed by atoms with Crippen molar-refractivity contribution >= 4 is 62.1 Å². The molecule has 0 unspecified atom stereocenters. The molecule has 0 aliphatic carbocycles. The zero-order chi connectivity index (χ0) is 5.86. The van der Waals surface area contributed by atoms with Gasteiger partial charge in [0, 0.05) is 0 Å². The minimum absolute atomic E-state index is 0. The van der Waals surface area contributed by atoms with E-state index in [0.717, 1.165) is 0 Å². The third kappa shape index (κ3) is 17.7. The van der Waals surface area contributed by atoms with Gasteiger partial charge in [-0.15, -0.1) is 12.4 Å². The molecule has 0 saturated carbocycles. The van der Waals surface area contributed by atoms with Gasteiger partial charge in [0.15, 0.2) is 0 Å². The summed E-state index contributed by atoms with van der Waals surface area (Å²) in [7, 11) is 0. The van der Waals surface area contributed by atoms with Gasteiger partial charge in [0.25, 0.3) is 0 Å². The molecule has 0 rings (SSSR count). The van der Waals surface area contributed by atoms with Crippen LogP contribution >= 0.6 is 12.4 Å². The van der Waals surface area contributed by atoms with Gasteiger partial charge in [0.1, 0.15) is 6.42 Å². The van der Waals surface area contributed by atoms with Crippen molar-refractivity contribution in [1.82, 2.24) is 0 Å². The molecule has 0 aromatic carbocycles. The molecule has 0 aliphatic heterocycles. The summed E-state index contributed by atoms with van der Waals surface area (Å²) in [5, 5.41) is 15.4. The average molecular weight is 183 g/mol. The molecule has 2 N–H and O–H groups in total. The Labute approximate surface area is 87.6 Å². The van der Waals surface area contributed by atoms with Crippen molar-refractivity contribution < 1.29 is 19.8 Å². The minimum atomic E-state index is -1.31. The summed E-state index contributed by atoms with van der Waals surface area (Å²) in [6, 6.07) is 0. The van der Waals surface area contributed by atoms with E-state index in [1.807, 2.05) is 0 Å². The fourth-order valence-corrected chi connectivity index (χ4v) is 0.129. The summed E-state index contributed by atoms with van der Waals surface area (Å²) >= 11 is 0. The van der Waals surface area contributed by atoms with E-state index in [9.17, 15) is 9.59 Å².